The van der Waals surface area contributed by atoms with E-state index in [9.17, 15) is 4.79 Å². The van der Waals surface area contributed by atoms with E-state index < -0.39 is 6.03 Å². The minimum absolute atomic E-state index is 0.427. The van der Waals surface area contributed by atoms with Crippen LogP contribution in [0.1, 0.15) is 0 Å². The molecule has 2 amide bonds. The highest BCUT2D eigenvalue weighted by Crippen LogP contribution is 2.11. The highest BCUT2D eigenvalue weighted by Gasteiger charge is 2.09. The van der Waals surface area contributed by atoms with Crippen LogP contribution in [0.25, 0.3) is 11.3 Å². The molecule has 0 atom stereocenters. The van der Waals surface area contributed by atoms with Gasteiger partial charge in [0.05, 0.1) is 5.36 Å². The zero-order valence-corrected chi connectivity index (χ0v) is 7.77. The van der Waals surface area contributed by atoms with Gasteiger partial charge < -0.3 is 4.98 Å². The fourth-order valence-electron chi connectivity index (χ4n) is 1.68. The summed E-state index contributed by atoms with van der Waals surface area (Å²) in [6.07, 6.45) is 1.84. The number of rotatable bonds is 1. The number of hydrogen-bond acceptors (Lipinski definition) is 1. The van der Waals surface area contributed by atoms with Gasteiger partial charge in [-0.2, -0.15) is 9.98 Å². The fraction of sp³-hybridized carbons (Fsp3) is 0. The standard InChI is InChI=1S/C11H7N3O/c15-11-13-9-4-1-3-7(10(9)14-11)8-5-2-6-12-8/h1-6,12H. The van der Waals surface area contributed by atoms with Gasteiger partial charge in [0.25, 0.3) is 0 Å². The van der Waals surface area contributed by atoms with Crippen LogP contribution in [0.4, 0.5) is 4.79 Å². The molecule has 0 aliphatic carbocycles. The van der Waals surface area contributed by atoms with E-state index in [1.165, 1.54) is 0 Å². The SMILES string of the molecule is O=C1N=c2cccc(-c3ccc[nH]3)c2=N1. The van der Waals surface area contributed by atoms with Gasteiger partial charge in [0, 0.05) is 17.5 Å². The number of aromatic amines is 1. The van der Waals surface area contributed by atoms with Gasteiger partial charge in [0.1, 0.15) is 5.36 Å². The molecule has 0 unspecified atom stereocenters. The third-order valence-corrected chi connectivity index (χ3v) is 2.33. The Morgan fingerprint density at radius 2 is 2.00 bits per heavy atom. The number of nitrogens with zero attached hydrogens (tertiary/aromatic N) is 2. The van der Waals surface area contributed by atoms with E-state index in [2.05, 4.69) is 15.0 Å². The molecule has 4 nitrogen and oxygen atoms in total. The molecule has 0 fully saturated rings. The summed E-state index contributed by atoms with van der Waals surface area (Å²) in [6.45, 7) is 0. The van der Waals surface area contributed by atoms with E-state index in [0.29, 0.717) is 10.7 Å². The lowest BCUT2D eigenvalue weighted by atomic mass is 10.1. The Morgan fingerprint density at radius 3 is 2.80 bits per heavy atom. The zero-order valence-electron chi connectivity index (χ0n) is 7.77. The summed E-state index contributed by atoms with van der Waals surface area (Å²) in [5.74, 6) is 0. The molecule has 0 radical (unpaired) electrons. The number of para-hydroxylation sites is 1. The summed E-state index contributed by atoms with van der Waals surface area (Å²) >= 11 is 0. The van der Waals surface area contributed by atoms with Crippen molar-refractivity contribution in [3.05, 3.63) is 47.2 Å². The number of carbonyl (C=O) groups is 1. The first-order valence-corrected chi connectivity index (χ1v) is 4.59. The molecule has 2 heterocycles. The van der Waals surface area contributed by atoms with Crippen LogP contribution >= 0.6 is 0 Å². The Kier molecular flexibility index (Phi) is 1.56. The third-order valence-electron chi connectivity index (χ3n) is 2.33. The maximum Gasteiger partial charge on any atom is 0.368 e. The lowest BCUT2D eigenvalue weighted by Gasteiger charge is -1.95. The molecule has 4 heteroatoms. The van der Waals surface area contributed by atoms with E-state index in [1.54, 1.807) is 6.07 Å². The van der Waals surface area contributed by atoms with Crippen LogP contribution in [0, 0.1) is 0 Å². The van der Waals surface area contributed by atoms with Crippen LogP contribution in [0.3, 0.4) is 0 Å². The zero-order chi connectivity index (χ0) is 10.3. The van der Waals surface area contributed by atoms with Crippen molar-refractivity contribution >= 4 is 6.03 Å². The monoisotopic (exact) mass is 197 g/mol. The van der Waals surface area contributed by atoms with Crippen molar-refractivity contribution in [3.8, 4) is 11.3 Å². The smallest absolute Gasteiger partial charge is 0.361 e. The average molecular weight is 197 g/mol. The highest BCUT2D eigenvalue weighted by atomic mass is 16.2. The number of aromatic nitrogens is 1. The molecule has 0 spiro atoms. The summed E-state index contributed by atoms with van der Waals surface area (Å²) in [5, 5.41) is 1.30. The van der Waals surface area contributed by atoms with Crippen LogP contribution in [0.15, 0.2) is 46.5 Å². The average Bonchev–Trinajstić information content (AvgIpc) is 2.82. The molecule has 0 bridgehead atoms. The first-order chi connectivity index (χ1) is 7.34. The predicted octanol–water partition coefficient (Wildman–Crippen LogP) is 1.05. The van der Waals surface area contributed by atoms with Crippen LogP contribution in [-0.2, 0) is 0 Å². The summed E-state index contributed by atoms with van der Waals surface area (Å²) in [4.78, 5) is 21.8. The Hall–Kier alpha value is -2.23. The van der Waals surface area contributed by atoms with Gasteiger partial charge in [0.2, 0.25) is 0 Å². The van der Waals surface area contributed by atoms with Gasteiger partial charge in [-0.05, 0) is 18.2 Å². The van der Waals surface area contributed by atoms with Gasteiger partial charge in [-0.3, -0.25) is 0 Å². The van der Waals surface area contributed by atoms with Gasteiger partial charge >= 0.3 is 6.03 Å². The maximum absolute atomic E-state index is 11.1. The first-order valence-electron chi connectivity index (χ1n) is 4.59. The molecule has 0 saturated heterocycles. The summed E-state index contributed by atoms with van der Waals surface area (Å²) in [7, 11) is 0. The minimum atomic E-state index is -0.427. The molecule has 15 heavy (non-hydrogen) atoms. The van der Waals surface area contributed by atoms with Crippen molar-refractivity contribution in [3.63, 3.8) is 0 Å². The minimum Gasteiger partial charge on any atom is -0.361 e. The van der Waals surface area contributed by atoms with Crippen LogP contribution in [0.5, 0.6) is 0 Å². The van der Waals surface area contributed by atoms with Gasteiger partial charge in [-0.1, -0.05) is 12.1 Å². The molecular formula is C11H7N3O. The Morgan fingerprint density at radius 1 is 1.07 bits per heavy atom. The summed E-state index contributed by atoms with van der Waals surface area (Å²) in [6, 6.07) is 8.99. The molecule has 2 aromatic rings. The number of carbonyl (C=O) groups excluding carboxylic acids is 1. The number of amides is 2. The largest absolute Gasteiger partial charge is 0.368 e. The fourth-order valence-corrected chi connectivity index (χ4v) is 1.68. The number of H-pyrrole nitrogens is 1. The predicted molar refractivity (Wildman–Crippen MR) is 53.9 cm³/mol. The van der Waals surface area contributed by atoms with Crippen LogP contribution in [0.2, 0.25) is 0 Å². The molecule has 3 rings (SSSR count). The van der Waals surface area contributed by atoms with E-state index in [-0.39, 0.29) is 0 Å². The van der Waals surface area contributed by atoms with Crippen molar-refractivity contribution in [2.45, 2.75) is 0 Å². The van der Waals surface area contributed by atoms with Crippen LogP contribution < -0.4 is 10.7 Å². The molecule has 1 aromatic carbocycles. The quantitative estimate of drug-likeness (QED) is 0.730. The maximum atomic E-state index is 11.1. The molecular weight excluding hydrogens is 190 g/mol. The highest BCUT2D eigenvalue weighted by molar-refractivity contribution is 5.78. The van der Waals surface area contributed by atoms with E-state index in [1.807, 2.05) is 30.5 Å². The number of nitrogens with one attached hydrogen (secondary N) is 1. The van der Waals surface area contributed by atoms with Crippen molar-refractivity contribution in [1.82, 2.24) is 4.98 Å². The number of hydrogen-bond donors (Lipinski definition) is 1. The molecule has 1 aliphatic rings. The lowest BCUT2D eigenvalue weighted by molar-refractivity contribution is 0.256. The molecule has 1 N–H and O–H groups in total. The van der Waals surface area contributed by atoms with Gasteiger partial charge in [0.15, 0.2) is 0 Å². The number of benzene rings is 1. The molecule has 1 aliphatic heterocycles. The second-order valence-electron chi connectivity index (χ2n) is 3.26. The Bertz CT molecular complexity index is 641. The van der Waals surface area contributed by atoms with Crippen molar-refractivity contribution in [2.75, 3.05) is 0 Å². The molecule has 72 valence electrons. The van der Waals surface area contributed by atoms with Crippen LogP contribution in [-0.4, -0.2) is 11.0 Å². The van der Waals surface area contributed by atoms with Gasteiger partial charge in [-0.15, -0.1) is 0 Å². The molecule has 0 saturated carbocycles. The second-order valence-corrected chi connectivity index (χ2v) is 3.26. The number of fused-ring (bicyclic) bond motifs is 1. The lowest BCUT2D eigenvalue weighted by Crippen LogP contribution is -2.23. The summed E-state index contributed by atoms with van der Waals surface area (Å²) in [5.41, 5.74) is 1.85. The van der Waals surface area contributed by atoms with Crippen molar-refractivity contribution in [1.29, 1.82) is 0 Å². The summed E-state index contributed by atoms with van der Waals surface area (Å²) < 4.78 is 0. The van der Waals surface area contributed by atoms with Crippen molar-refractivity contribution < 1.29 is 4.79 Å². The van der Waals surface area contributed by atoms with E-state index in [0.717, 1.165) is 11.3 Å². The van der Waals surface area contributed by atoms with Gasteiger partial charge in [-0.25, -0.2) is 4.79 Å². The van der Waals surface area contributed by atoms with Crippen molar-refractivity contribution in [2.24, 2.45) is 9.98 Å². The van der Waals surface area contributed by atoms with E-state index >= 15 is 0 Å². The first kappa shape index (κ1) is 8.11. The Balaban J connectivity index is 2.39. The normalized spacial score (nSPS) is 13.2. The topological polar surface area (TPSA) is 57.6 Å². The third kappa shape index (κ3) is 1.19. The second kappa shape index (κ2) is 2.88. The van der Waals surface area contributed by atoms with E-state index in [4.69, 9.17) is 0 Å². The Labute approximate surface area is 85.0 Å². The number of urea groups is 1. The molecule has 1 aromatic heterocycles.